The first-order chi connectivity index (χ1) is 16.5. The van der Waals surface area contributed by atoms with E-state index < -0.39 is 0 Å². The number of H-pyrrole nitrogens is 1. The molecule has 2 aromatic heterocycles. The summed E-state index contributed by atoms with van der Waals surface area (Å²) in [5, 5.41) is 12.9. The summed E-state index contributed by atoms with van der Waals surface area (Å²) in [5.41, 5.74) is 2.56. The smallest absolute Gasteiger partial charge is 0.296 e. The van der Waals surface area contributed by atoms with Gasteiger partial charge in [0.2, 0.25) is 0 Å². The van der Waals surface area contributed by atoms with Gasteiger partial charge in [-0.25, -0.2) is 9.37 Å². The van der Waals surface area contributed by atoms with Crippen molar-refractivity contribution in [2.45, 2.75) is 37.5 Å². The Balaban J connectivity index is 1.31. The van der Waals surface area contributed by atoms with Gasteiger partial charge in [-0.15, -0.1) is 0 Å². The van der Waals surface area contributed by atoms with Crippen molar-refractivity contribution in [3.8, 4) is 11.8 Å². The molecule has 182 valence electrons. The Bertz CT molecular complexity index is 1180. The number of hydrogen-bond donors (Lipinski definition) is 3. The maximum Gasteiger partial charge on any atom is 0.296 e. The fourth-order valence-electron chi connectivity index (χ4n) is 4.42. The van der Waals surface area contributed by atoms with Crippen molar-refractivity contribution in [3.05, 3.63) is 40.2 Å². The van der Waals surface area contributed by atoms with Crippen molar-refractivity contribution in [3.63, 3.8) is 0 Å². The molecule has 11 heteroatoms. The molecule has 1 aliphatic carbocycles. The first-order valence-electron chi connectivity index (χ1n) is 11.2. The lowest BCUT2D eigenvalue weighted by atomic mass is 10.1. The maximum absolute atomic E-state index is 15.0. The lowest BCUT2D eigenvalue weighted by Crippen LogP contribution is -2.17. The van der Waals surface area contributed by atoms with Crippen LogP contribution in [0.3, 0.4) is 0 Å². The van der Waals surface area contributed by atoms with E-state index in [1.807, 2.05) is 6.07 Å². The normalized spacial score (nSPS) is 21.7. The number of pyridine rings is 1. The lowest BCUT2D eigenvalue weighted by molar-refractivity contribution is 0.0528. The molecular weight excluding hydrogens is 467 g/mol. The second kappa shape index (κ2) is 9.91. The second-order valence-corrected chi connectivity index (χ2v) is 8.81. The molecule has 34 heavy (non-hydrogen) atoms. The minimum absolute atomic E-state index is 0.0424. The number of halogens is 2. The summed E-state index contributed by atoms with van der Waals surface area (Å²) in [6, 6.07) is 5.02. The number of fused-ring (bicyclic) bond motifs is 2. The highest BCUT2D eigenvalue weighted by Crippen LogP contribution is 2.39. The summed E-state index contributed by atoms with van der Waals surface area (Å²) in [6.07, 6.45) is 1.57. The average Bonchev–Trinajstić information content (AvgIpc) is 3.53. The number of hydrogen-bond acceptors (Lipinski definition) is 8. The molecule has 5 rings (SSSR count). The molecule has 0 spiro atoms. The number of nitrogens with zero attached hydrogens (tertiary/aromatic N) is 2. The van der Waals surface area contributed by atoms with E-state index in [0.29, 0.717) is 78.4 Å². The van der Waals surface area contributed by atoms with E-state index in [-0.39, 0.29) is 30.7 Å². The molecule has 3 heterocycles. The van der Waals surface area contributed by atoms with Crippen molar-refractivity contribution >= 4 is 28.6 Å². The number of ether oxygens (including phenoxy) is 4. The van der Waals surface area contributed by atoms with E-state index in [1.165, 1.54) is 6.07 Å². The Kier molecular flexibility index (Phi) is 6.73. The Hall–Kier alpha value is -2.66. The molecule has 1 aromatic carbocycles. The molecule has 0 bridgehead atoms. The maximum atomic E-state index is 15.0. The second-order valence-electron chi connectivity index (χ2n) is 8.40. The highest BCUT2D eigenvalue weighted by atomic mass is 35.5. The Morgan fingerprint density at radius 2 is 2.18 bits per heavy atom. The SMILES string of the molecule is COCCOc1cc(F)c2c(c1)CCC2Nc1nc2nc(O[C@@H]3CO[C@H](CO)C3)[nH]c2cc1Cl. The fourth-order valence-corrected chi connectivity index (χ4v) is 4.62. The van der Waals surface area contributed by atoms with Gasteiger partial charge in [0.15, 0.2) is 5.65 Å². The van der Waals surface area contributed by atoms with Crippen LogP contribution < -0.4 is 14.8 Å². The van der Waals surface area contributed by atoms with Crippen molar-refractivity contribution < 1.29 is 28.4 Å². The zero-order chi connectivity index (χ0) is 23.7. The van der Waals surface area contributed by atoms with Gasteiger partial charge in [-0.1, -0.05) is 11.6 Å². The number of rotatable bonds is 9. The van der Waals surface area contributed by atoms with Gasteiger partial charge in [0.05, 0.1) is 42.5 Å². The van der Waals surface area contributed by atoms with Crippen molar-refractivity contribution in [1.29, 1.82) is 0 Å². The van der Waals surface area contributed by atoms with Gasteiger partial charge in [-0.3, -0.25) is 0 Å². The van der Waals surface area contributed by atoms with Crippen LogP contribution in [-0.4, -0.2) is 65.8 Å². The summed E-state index contributed by atoms with van der Waals surface area (Å²) in [7, 11) is 1.59. The molecule has 0 radical (unpaired) electrons. The van der Waals surface area contributed by atoms with E-state index in [4.69, 9.17) is 30.5 Å². The quantitative estimate of drug-likeness (QED) is 0.390. The van der Waals surface area contributed by atoms with Gasteiger partial charge < -0.3 is 34.4 Å². The van der Waals surface area contributed by atoms with Gasteiger partial charge in [-0.2, -0.15) is 4.98 Å². The van der Waals surface area contributed by atoms with E-state index in [9.17, 15) is 9.50 Å². The van der Waals surface area contributed by atoms with Crippen LogP contribution in [0, 0.1) is 5.82 Å². The molecule has 9 nitrogen and oxygen atoms in total. The first-order valence-corrected chi connectivity index (χ1v) is 11.6. The van der Waals surface area contributed by atoms with Gasteiger partial charge in [0.25, 0.3) is 6.01 Å². The Labute approximate surface area is 200 Å². The number of nitrogens with one attached hydrogen (secondary N) is 2. The molecule has 0 amide bonds. The van der Waals surface area contributed by atoms with Gasteiger partial charge in [-0.05, 0) is 30.5 Å². The van der Waals surface area contributed by atoms with Crippen LogP contribution in [0.15, 0.2) is 18.2 Å². The molecule has 1 saturated heterocycles. The van der Waals surface area contributed by atoms with Gasteiger partial charge >= 0.3 is 0 Å². The van der Waals surface area contributed by atoms with E-state index in [0.717, 1.165) is 5.56 Å². The minimum atomic E-state index is -0.326. The Morgan fingerprint density at radius 1 is 1.29 bits per heavy atom. The number of aliphatic hydroxyl groups is 1. The minimum Gasteiger partial charge on any atom is -0.491 e. The molecule has 3 atom stereocenters. The number of aliphatic hydroxyl groups excluding tert-OH is 1. The largest absolute Gasteiger partial charge is 0.491 e. The van der Waals surface area contributed by atoms with E-state index >= 15 is 0 Å². The summed E-state index contributed by atoms with van der Waals surface area (Å²) in [4.78, 5) is 12.0. The third-order valence-corrected chi connectivity index (χ3v) is 6.33. The number of methoxy groups -OCH3 is 1. The standard InChI is InChI=1S/C23H26ClFN4O5/c1-31-4-5-32-13-6-12-2-3-18(20(12)17(25)8-13)26-21-16(24)9-19-22(28-21)29-23(27-19)34-15-7-14(10-30)33-11-15/h6,8-9,14-15,18,30H,2-5,7,10-11H2,1H3,(H2,26,27,28,29)/t14-,15-,18?/m0/s1. The van der Waals surface area contributed by atoms with E-state index in [2.05, 4.69) is 20.3 Å². The van der Waals surface area contributed by atoms with Gasteiger partial charge in [0, 0.05) is 25.2 Å². The van der Waals surface area contributed by atoms with Crippen LogP contribution in [-0.2, 0) is 15.9 Å². The predicted octanol–water partition coefficient (Wildman–Crippen LogP) is 3.40. The number of aromatic nitrogens is 3. The van der Waals surface area contributed by atoms with E-state index in [1.54, 1.807) is 13.2 Å². The molecule has 0 saturated carbocycles. The van der Waals surface area contributed by atoms with Crippen LogP contribution in [0.2, 0.25) is 5.02 Å². The molecule has 3 N–H and O–H groups in total. The third-order valence-electron chi connectivity index (χ3n) is 6.04. The summed E-state index contributed by atoms with van der Waals surface area (Å²) in [6.45, 7) is 1.14. The summed E-state index contributed by atoms with van der Waals surface area (Å²) >= 11 is 6.48. The summed E-state index contributed by atoms with van der Waals surface area (Å²) in [5.74, 6) is 0.593. The van der Waals surface area contributed by atoms with Crippen LogP contribution in [0.4, 0.5) is 10.2 Å². The predicted molar refractivity (Wildman–Crippen MR) is 123 cm³/mol. The highest BCUT2D eigenvalue weighted by molar-refractivity contribution is 6.33. The zero-order valence-corrected chi connectivity index (χ0v) is 19.4. The van der Waals surface area contributed by atoms with Crippen LogP contribution in [0.5, 0.6) is 11.8 Å². The average molecular weight is 493 g/mol. The number of aryl methyl sites for hydroxylation is 1. The number of imidazole rings is 1. The van der Waals surface area contributed by atoms with Crippen LogP contribution in [0.25, 0.3) is 11.2 Å². The fraction of sp³-hybridized carbons (Fsp3) is 0.478. The van der Waals surface area contributed by atoms with Crippen LogP contribution in [0.1, 0.15) is 30.0 Å². The molecule has 2 aliphatic rings. The lowest BCUT2D eigenvalue weighted by Gasteiger charge is -2.17. The number of aromatic amines is 1. The molecule has 1 aliphatic heterocycles. The van der Waals surface area contributed by atoms with Crippen LogP contribution >= 0.6 is 11.6 Å². The summed E-state index contributed by atoms with van der Waals surface area (Å²) < 4.78 is 36.8. The monoisotopic (exact) mass is 492 g/mol. The molecule has 1 fully saturated rings. The highest BCUT2D eigenvalue weighted by Gasteiger charge is 2.29. The topological polar surface area (TPSA) is 111 Å². The Morgan fingerprint density at radius 3 is 2.97 bits per heavy atom. The van der Waals surface area contributed by atoms with Crippen molar-refractivity contribution in [2.24, 2.45) is 0 Å². The van der Waals surface area contributed by atoms with Crippen molar-refractivity contribution in [1.82, 2.24) is 15.0 Å². The van der Waals surface area contributed by atoms with Gasteiger partial charge in [0.1, 0.15) is 30.1 Å². The molecule has 3 aromatic rings. The number of benzene rings is 1. The number of anilines is 1. The zero-order valence-electron chi connectivity index (χ0n) is 18.6. The molecular formula is C23H26ClFN4O5. The molecule has 1 unspecified atom stereocenters. The third kappa shape index (κ3) is 4.76. The van der Waals surface area contributed by atoms with Crippen molar-refractivity contribution in [2.75, 3.05) is 38.9 Å². The first kappa shape index (κ1) is 23.1.